The minimum atomic E-state index is 0.659. The molecule has 0 aliphatic carbocycles. The van der Waals surface area contributed by atoms with Crippen molar-refractivity contribution in [2.24, 2.45) is 0 Å². The molecule has 47 heavy (non-hydrogen) atoms. The third-order valence-electron chi connectivity index (χ3n) is 9.41. The lowest BCUT2D eigenvalue weighted by Crippen LogP contribution is -1.96. The lowest BCUT2D eigenvalue weighted by Gasteiger charge is -2.13. The van der Waals surface area contributed by atoms with Gasteiger partial charge in [-0.05, 0) is 83.9 Å². The van der Waals surface area contributed by atoms with Crippen LogP contribution in [0, 0.1) is 11.3 Å². The van der Waals surface area contributed by atoms with Gasteiger partial charge in [-0.15, -0.1) is 0 Å². The highest BCUT2D eigenvalue weighted by Gasteiger charge is 2.19. The van der Waals surface area contributed by atoms with Crippen molar-refractivity contribution in [3.63, 3.8) is 0 Å². The van der Waals surface area contributed by atoms with Crippen molar-refractivity contribution in [3.05, 3.63) is 151 Å². The summed E-state index contributed by atoms with van der Waals surface area (Å²) in [6, 6.07) is 48.6. The molecule has 0 radical (unpaired) electrons. The Balaban J connectivity index is 1.20. The van der Waals surface area contributed by atoms with Crippen LogP contribution in [0.25, 0.3) is 88.1 Å². The fraction of sp³-hybridized carbons (Fsp3) is 0. The van der Waals surface area contributed by atoms with E-state index in [2.05, 4.69) is 129 Å². The second-order valence-corrected chi connectivity index (χ2v) is 12.0. The van der Waals surface area contributed by atoms with Gasteiger partial charge in [-0.3, -0.25) is 4.98 Å². The molecule has 0 saturated carbocycles. The Labute approximate surface area is 268 Å². The van der Waals surface area contributed by atoms with Crippen molar-refractivity contribution >= 4 is 65.6 Å². The number of para-hydroxylation sites is 2. The number of hydrogen-bond donors (Lipinski definition) is 0. The second kappa shape index (κ2) is 9.68. The first-order valence-electron chi connectivity index (χ1n) is 15.6. The second-order valence-electron chi connectivity index (χ2n) is 12.0. The van der Waals surface area contributed by atoms with E-state index >= 15 is 0 Å². The minimum absolute atomic E-state index is 0.659. The molecule has 10 rings (SSSR count). The standard InChI is InChI=1S/C42H24N4O/c43-24-26-15-17-37-35(21-26)31-11-1-3-13-36(31)45(37)29-9-5-7-27(22-29)28-8-6-10-30(23-28)46-38-25-44-20-19-32(38)33-16-18-40-41(42(33)46)34-12-2-4-14-39(34)47-40/h1-23,25H. The van der Waals surface area contributed by atoms with E-state index in [1.807, 2.05) is 36.7 Å². The molecular formula is C42H24N4O. The first kappa shape index (κ1) is 25.7. The van der Waals surface area contributed by atoms with Gasteiger partial charge >= 0.3 is 0 Å². The van der Waals surface area contributed by atoms with Crippen molar-refractivity contribution in [2.45, 2.75) is 0 Å². The number of benzene rings is 6. The van der Waals surface area contributed by atoms with E-state index in [9.17, 15) is 5.26 Å². The van der Waals surface area contributed by atoms with Crippen molar-refractivity contribution in [1.29, 1.82) is 5.26 Å². The molecule has 0 saturated heterocycles. The Morgan fingerprint density at radius 3 is 2.09 bits per heavy atom. The third-order valence-corrected chi connectivity index (χ3v) is 9.41. The van der Waals surface area contributed by atoms with Gasteiger partial charge in [0.05, 0.1) is 45.3 Å². The average molecular weight is 601 g/mol. The maximum Gasteiger partial charge on any atom is 0.137 e. The van der Waals surface area contributed by atoms with Gasteiger partial charge < -0.3 is 13.6 Å². The molecule has 4 aromatic heterocycles. The van der Waals surface area contributed by atoms with E-state index in [0.29, 0.717) is 5.56 Å². The van der Waals surface area contributed by atoms with Crippen molar-refractivity contribution in [3.8, 4) is 28.6 Å². The van der Waals surface area contributed by atoms with Gasteiger partial charge in [-0.25, -0.2) is 0 Å². The molecule has 0 amide bonds. The van der Waals surface area contributed by atoms with Crippen LogP contribution in [0.3, 0.4) is 0 Å². The smallest absolute Gasteiger partial charge is 0.137 e. The molecule has 0 N–H and O–H groups in total. The quantitative estimate of drug-likeness (QED) is 0.203. The maximum absolute atomic E-state index is 9.58. The summed E-state index contributed by atoms with van der Waals surface area (Å²) in [5.74, 6) is 0. The van der Waals surface area contributed by atoms with E-state index in [1.54, 1.807) is 0 Å². The summed E-state index contributed by atoms with van der Waals surface area (Å²) >= 11 is 0. The number of pyridine rings is 1. The Morgan fingerprint density at radius 1 is 0.532 bits per heavy atom. The van der Waals surface area contributed by atoms with Gasteiger partial charge in [0.2, 0.25) is 0 Å². The first-order valence-corrected chi connectivity index (χ1v) is 15.6. The fourth-order valence-electron chi connectivity index (χ4n) is 7.40. The highest BCUT2D eigenvalue weighted by molar-refractivity contribution is 6.24. The van der Waals surface area contributed by atoms with Crippen molar-refractivity contribution < 1.29 is 4.42 Å². The summed E-state index contributed by atoms with van der Waals surface area (Å²) in [5, 5.41) is 16.3. The van der Waals surface area contributed by atoms with Crippen LogP contribution in [0.5, 0.6) is 0 Å². The molecule has 0 bridgehead atoms. The molecule has 0 fully saturated rings. The van der Waals surface area contributed by atoms with E-state index in [-0.39, 0.29) is 0 Å². The summed E-state index contributed by atoms with van der Waals surface area (Å²) in [6.45, 7) is 0. The van der Waals surface area contributed by atoms with Crippen molar-refractivity contribution in [2.75, 3.05) is 0 Å². The van der Waals surface area contributed by atoms with Gasteiger partial charge in [0.15, 0.2) is 0 Å². The number of nitrogens with zero attached hydrogens (tertiary/aromatic N) is 4. The van der Waals surface area contributed by atoms with Crippen LogP contribution in [0.4, 0.5) is 0 Å². The van der Waals surface area contributed by atoms with Gasteiger partial charge in [-0.1, -0.05) is 60.7 Å². The van der Waals surface area contributed by atoms with Crippen LogP contribution in [-0.4, -0.2) is 14.1 Å². The van der Waals surface area contributed by atoms with E-state index < -0.39 is 0 Å². The SMILES string of the molecule is N#Cc1ccc2c(c1)c1ccccc1n2-c1cccc(-c2cccc(-n3c4cnccc4c4ccc5oc6ccccc6c5c43)c2)c1. The molecule has 0 unspecified atom stereocenters. The van der Waals surface area contributed by atoms with Crippen molar-refractivity contribution in [1.82, 2.24) is 14.1 Å². The molecular weight excluding hydrogens is 576 g/mol. The zero-order valence-corrected chi connectivity index (χ0v) is 25.1. The summed E-state index contributed by atoms with van der Waals surface area (Å²) < 4.78 is 10.9. The normalized spacial score (nSPS) is 11.8. The van der Waals surface area contributed by atoms with E-state index in [4.69, 9.17) is 4.42 Å². The van der Waals surface area contributed by atoms with E-state index in [1.165, 1.54) is 5.39 Å². The zero-order chi connectivity index (χ0) is 31.1. The Bertz CT molecular complexity index is 2930. The predicted octanol–water partition coefficient (Wildman–Crippen LogP) is 10.7. The van der Waals surface area contributed by atoms with Crippen LogP contribution >= 0.6 is 0 Å². The molecule has 10 aromatic rings. The Kier molecular flexibility index (Phi) is 5.28. The molecule has 0 spiro atoms. The average Bonchev–Trinajstić information content (AvgIpc) is 3.79. The molecule has 0 aliphatic rings. The lowest BCUT2D eigenvalue weighted by molar-refractivity contribution is 0.669. The Hall–Kier alpha value is -6.64. The minimum Gasteiger partial charge on any atom is -0.456 e. The monoisotopic (exact) mass is 600 g/mol. The number of hydrogen-bond acceptors (Lipinski definition) is 3. The topological polar surface area (TPSA) is 59.7 Å². The summed E-state index contributed by atoms with van der Waals surface area (Å²) in [4.78, 5) is 4.54. The molecule has 0 atom stereocenters. The maximum atomic E-state index is 9.58. The number of aromatic nitrogens is 3. The zero-order valence-electron chi connectivity index (χ0n) is 25.1. The van der Waals surface area contributed by atoms with Crippen LogP contribution in [0.1, 0.15) is 5.56 Å². The number of rotatable bonds is 3. The highest BCUT2D eigenvalue weighted by Crippen LogP contribution is 2.41. The summed E-state index contributed by atoms with van der Waals surface area (Å²) in [7, 11) is 0. The summed E-state index contributed by atoms with van der Waals surface area (Å²) in [6.07, 6.45) is 3.82. The largest absolute Gasteiger partial charge is 0.456 e. The first-order chi connectivity index (χ1) is 23.3. The molecule has 5 heteroatoms. The molecule has 6 aromatic carbocycles. The molecule has 5 nitrogen and oxygen atoms in total. The Morgan fingerprint density at radius 2 is 1.26 bits per heavy atom. The number of nitriles is 1. The predicted molar refractivity (Wildman–Crippen MR) is 190 cm³/mol. The van der Waals surface area contributed by atoms with Crippen LogP contribution in [0.15, 0.2) is 150 Å². The fourth-order valence-corrected chi connectivity index (χ4v) is 7.40. The number of fused-ring (bicyclic) bond motifs is 10. The highest BCUT2D eigenvalue weighted by atomic mass is 16.3. The van der Waals surface area contributed by atoms with Gasteiger partial charge in [-0.2, -0.15) is 5.26 Å². The molecule has 218 valence electrons. The van der Waals surface area contributed by atoms with E-state index in [0.717, 1.165) is 82.7 Å². The van der Waals surface area contributed by atoms with Gasteiger partial charge in [0.25, 0.3) is 0 Å². The van der Waals surface area contributed by atoms with Gasteiger partial charge in [0, 0.05) is 44.5 Å². The molecule has 0 aliphatic heterocycles. The van der Waals surface area contributed by atoms with Gasteiger partial charge in [0.1, 0.15) is 11.2 Å². The summed E-state index contributed by atoms with van der Waals surface area (Å²) in [5.41, 5.74) is 11.1. The number of furan rings is 1. The van der Waals surface area contributed by atoms with Crippen LogP contribution in [0.2, 0.25) is 0 Å². The van der Waals surface area contributed by atoms with Crippen LogP contribution in [-0.2, 0) is 0 Å². The van der Waals surface area contributed by atoms with Crippen LogP contribution < -0.4 is 0 Å². The molecule has 4 heterocycles. The lowest BCUT2D eigenvalue weighted by atomic mass is 10.0. The third kappa shape index (κ3) is 3.67.